The lowest BCUT2D eigenvalue weighted by Gasteiger charge is -2.11. The molecule has 1 saturated heterocycles. The molecule has 0 spiro atoms. The molecule has 8 nitrogen and oxygen atoms in total. The molecule has 1 fully saturated rings. The minimum atomic E-state index is -1.14. The lowest BCUT2D eigenvalue weighted by atomic mass is 10.1. The van der Waals surface area contributed by atoms with Gasteiger partial charge in [-0.2, -0.15) is 0 Å². The molecule has 0 amide bonds. The van der Waals surface area contributed by atoms with E-state index >= 15 is 0 Å². The van der Waals surface area contributed by atoms with Crippen molar-refractivity contribution in [2.75, 3.05) is 6.61 Å². The SMILES string of the molecule is Cc1oc(C2OC[C@@H](O)[C@H]2O)cc1C(=O)/C(Br)=C/c1cccc([N+](=O)[O-])c1. The molecule has 3 atom stereocenters. The molecule has 2 N–H and O–H groups in total. The van der Waals surface area contributed by atoms with Crippen LogP contribution in [0.2, 0.25) is 0 Å². The molecule has 0 bridgehead atoms. The Morgan fingerprint density at radius 1 is 1.37 bits per heavy atom. The third kappa shape index (κ3) is 4.01. The summed E-state index contributed by atoms with van der Waals surface area (Å²) >= 11 is 3.21. The van der Waals surface area contributed by atoms with Crippen molar-refractivity contribution in [2.24, 2.45) is 0 Å². The number of aryl methyl sites for hydroxylation is 1. The summed E-state index contributed by atoms with van der Waals surface area (Å²) in [6, 6.07) is 7.35. The van der Waals surface area contributed by atoms with Crippen molar-refractivity contribution in [1.29, 1.82) is 0 Å². The monoisotopic (exact) mass is 437 g/mol. The van der Waals surface area contributed by atoms with Gasteiger partial charge in [-0.15, -0.1) is 0 Å². The molecule has 3 rings (SSSR count). The van der Waals surface area contributed by atoms with Crippen molar-refractivity contribution in [2.45, 2.75) is 25.2 Å². The number of carbonyl (C=O) groups excluding carboxylic acids is 1. The average Bonchev–Trinajstić information content (AvgIpc) is 3.17. The Morgan fingerprint density at radius 2 is 2.11 bits per heavy atom. The number of nitro benzene ring substituents is 1. The van der Waals surface area contributed by atoms with Crippen molar-refractivity contribution in [1.82, 2.24) is 0 Å². The van der Waals surface area contributed by atoms with E-state index in [0.717, 1.165) is 0 Å². The highest BCUT2D eigenvalue weighted by Crippen LogP contribution is 2.33. The molecule has 142 valence electrons. The van der Waals surface area contributed by atoms with Gasteiger partial charge in [0.05, 0.1) is 21.6 Å². The standard InChI is InChI=1S/C18H16BrNO7/c1-9-12(7-15(27-9)18-17(23)14(21)8-26-18)16(22)13(19)6-10-3-2-4-11(5-10)20(24)25/h2-7,14,17-18,21,23H,8H2,1H3/b13-6-/t14-,17-,18?/m1/s1. The first-order valence-corrected chi connectivity index (χ1v) is 8.81. The Hall–Kier alpha value is -2.33. The normalized spacial score (nSPS) is 22.8. The van der Waals surface area contributed by atoms with E-state index in [2.05, 4.69) is 15.9 Å². The Morgan fingerprint density at radius 3 is 2.74 bits per heavy atom. The fourth-order valence-electron chi connectivity index (χ4n) is 2.79. The summed E-state index contributed by atoms with van der Waals surface area (Å²) in [6.45, 7) is 1.58. The zero-order valence-electron chi connectivity index (χ0n) is 14.2. The van der Waals surface area contributed by atoms with Crippen molar-refractivity contribution >= 4 is 33.5 Å². The number of benzene rings is 1. The van der Waals surface area contributed by atoms with E-state index in [0.29, 0.717) is 11.3 Å². The average molecular weight is 438 g/mol. The van der Waals surface area contributed by atoms with Gasteiger partial charge >= 0.3 is 0 Å². The van der Waals surface area contributed by atoms with Gasteiger partial charge in [-0.1, -0.05) is 12.1 Å². The van der Waals surface area contributed by atoms with Crippen molar-refractivity contribution in [3.8, 4) is 0 Å². The molecule has 2 heterocycles. The van der Waals surface area contributed by atoms with Crippen LogP contribution in [0.4, 0.5) is 5.69 Å². The first-order chi connectivity index (χ1) is 12.8. The number of allylic oxidation sites excluding steroid dienone is 1. The van der Waals surface area contributed by atoms with E-state index < -0.39 is 23.2 Å². The maximum Gasteiger partial charge on any atom is 0.270 e. The largest absolute Gasteiger partial charge is 0.463 e. The van der Waals surface area contributed by atoms with E-state index in [4.69, 9.17) is 9.15 Å². The van der Waals surface area contributed by atoms with Crippen molar-refractivity contribution < 1.29 is 29.1 Å². The molecule has 0 aliphatic carbocycles. The molecule has 27 heavy (non-hydrogen) atoms. The minimum Gasteiger partial charge on any atom is -0.463 e. The van der Waals surface area contributed by atoms with Gasteiger partial charge in [-0.3, -0.25) is 14.9 Å². The van der Waals surface area contributed by atoms with Crippen LogP contribution in [0, 0.1) is 17.0 Å². The summed E-state index contributed by atoms with van der Waals surface area (Å²) in [6.07, 6.45) is -1.52. The van der Waals surface area contributed by atoms with Crippen LogP contribution in [-0.4, -0.2) is 39.7 Å². The van der Waals surface area contributed by atoms with Gasteiger partial charge in [-0.05, 0) is 40.6 Å². The number of Topliss-reactive ketones (excluding diaryl/α,β-unsaturated/α-hetero) is 1. The second-order valence-electron chi connectivity index (χ2n) is 6.10. The quantitative estimate of drug-likeness (QED) is 0.319. The molecule has 1 aromatic carbocycles. The summed E-state index contributed by atoms with van der Waals surface area (Å²) in [7, 11) is 0. The van der Waals surface area contributed by atoms with E-state index in [9.17, 15) is 25.1 Å². The van der Waals surface area contributed by atoms with Crippen LogP contribution in [0.15, 0.2) is 39.2 Å². The predicted molar refractivity (Wildman–Crippen MR) is 98.5 cm³/mol. The molecule has 1 aliphatic heterocycles. The smallest absolute Gasteiger partial charge is 0.270 e. The van der Waals surface area contributed by atoms with Crippen LogP contribution in [-0.2, 0) is 4.74 Å². The van der Waals surface area contributed by atoms with Crippen LogP contribution in [0.1, 0.15) is 33.5 Å². The van der Waals surface area contributed by atoms with Gasteiger partial charge in [0.15, 0.2) is 0 Å². The van der Waals surface area contributed by atoms with Gasteiger partial charge in [-0.25, -0.2) is 0 Å². The molecular weight excluding hydrogens is 422 g/mol. The number of ketones is 1. The number of hydrogen-bond acceptors (Lipinski definition) is 7. The third-order valence-electron chi connectivity index (χ3n) is 4.20. The highest BCUT2D eigenvalue weighted by atomic mass is 79.9. The molecule has 0 saturated carbocycles. The first kappa shape index (κ1) is 19.4. The fourth-order valence-corrected chi connectivity index (χ4v) is 3.27. The Kier molecular flexibility index (Phi) is 5.56. The Balaban J connectivity index is 1.85. The van der Waals surface area contributed by atoms with Crippen LogP contribution in [0.25, 0.3) is 6.08 Å². The summed E-state index contributed by atoms with van der Waals surface area (Å²) in [5.41, 5.74) is 0.670. The van der Waals surface area contributed by atoms with E-state index in [-0.39, 0.29) is 33.9 Å². The van der Waals surface area contributed by atoms with Crippen molar-refractivity contribution in [3.05, 3.63) is 67.6 Å². The summed E-state index contributed by atoms with van der Waals surface area (Å²) in [4.78, 5) is 23.0. The van der Waals surface area contributed by atoms with E-state index in [1.54, 1.807) is 13.0 Å². The van der Waals surface area contributed by atoms with Crippen LogP contribution in [0.3, 0.4) is 0 Å². The number of rotatable bonds is 5. The number of furan rings is 1. The zero-order valence-corrected chi connectivity index (χ0v) is 15.8. The molecule has 9 heteroatoms. The number of aliphatic hydroxyl groups excluding tert-OH is 2. The zero-order chi connectivity index (χ0) is 19.7. The predicted octanol–water partition coefficient (Wildman–Crippen LogP) is 2.91. The number of nitrogens with zero attached hydrogens (tertiary/aromatic N) is 1. The van der Waals surface area contributed by atoms with Crippen LogP contribution < -0.4 is 0 Å². The summed E-state index contributed by atoms with van der Waals surface area (Å²) < 4.78 is 11.0. The maximum absolute atomic E-state index is 12.7. The Labute approximate surface area is 162 Å². The highest BCUT2D eigenvalue weighted by Gasteiger charge is 2.38. The number of ether oxygens (including phenoxy) is 1. The summed E-state index contributed by atoms with van der Waals surface area (Å²) in [5, 5.41) is 30.4. The molecule has 1 unspecified atom stereocenters. The summed E-state index contributed by atoms with van der Waals surface area (Å²) in [5.74, 6) is 0.189. The van der Waals surface area contributed by atoms with Crippen LogP contribution in [0.5, 0.6) is 0 Å². The lowest BCUT2D eigenvalue weighted by Crippen LogP contribution is -2.24. The van der Waals surface area contributed by atoms with Crippen LogP contribution >= 0.6 is 15.9 Å². The number of nitro groups is 1. The second-order valence-corrected chi connectivity index (χ2v) is 6.96. The van der Waals surface area contributed by atoms with Gasteiger partial charge < -0.3 is 19.4 Å². The van der Waals surface area contributed by atoms with E-state index in [1.165, 1.54) is 30.3 Å². The topological polar surface area (TPSA) is 123 Å². The fraction of sp³-hybridized carbons (Fsp3) is 0.278. The number of aliphatic hydroxyl groups is 2. The van der Waals surface area contributed by atoms with Gasteiger partial charge in [0.25, 0.3) is 5.69 Å². The van der Waals surface area contributed by atoms with E-state index in [1.807, 2.05) is 0 Å². The molecule has 0 radical (unpaired) electrons. The number of non-ortho nitro benzene ring substituents is 1. The maximum atomic E-state index is 12.7. The van der Waals surface area contributed by atoms with Gasteiger partial charge in [0.1, 0.15) is 29.8 Å². The third-order valence-corrected chi connectivity index (χ3v) is 4.79. The highest BCUT2D eigenvalue weighted by molar-refractivity contribution is 9.12. The van der Waals surface area contributed by atoms with Gasteiger partial charge in [0, 0.05) is 12.1 Å². The molecule has 2 aromatic rings. The molecule has 1 aliphatic rings. The second kappa shape index (κ2) is 7.73. The number of carbonyl (C=O) groups is 1. The number of hydrogen-bond donors (Lipinski definition) is 2. The molecule has 1 aromatic heterocycles. The number of halogens is 1. The van der Waals surface area contributed by atoms with Crippen molar-refractivity contribution in [3.63, 3.8) is 0 Å². The lowest BCUT2D eigenvalue weighted by molar-refractivity contribution is -0.384. The van der Waals surface area contributed by atoms with Gasteiger partial charge in [0.2, 0.25) is 5.78 Å². The Bertz CT molecular complexity index is 920. The first-order valence-electron chi connectivity index (χ1n) is 8.02. The minimum absolute atomic E-state index is 0.0226. The molecular formula is C18H16BrNO7.